The summed E-state index contributed by atoms with van der Waals surface area (Å²) in [6.07, 6.45) is 0. The van der Waals surface area contributed by atoms with Gasteiger partial charge in [-0.3, -0.25) is 9.59 Å². The molecule has 0 saturated carbocycles. The number of benzene rings is 4. The second-order valence-corrected chi connectivity index (χ2v) is 8.29. The van der Waals surface area contributed by atoms with E-state index in [-0.39, 0.29) is 0 Å². The van der Waals surface area contributed by atoms with Crippen molar-refractivity contribution in [1.29, 1.82) is 0 Å². The summed E-state index contributed by atoms with van der Waals surface area (Å²) in [7, 11) is 0. The molecule has 0 fully saturated rings. The van der Waals surface area contributed by atoms with Crippen LogP contribution in [0.1, 0.15) is 22.3 Å². The van der Waals surface area contributed by atoms with Gasteiger partial charge >= 0.3 is 11.9 Å². The lowest BCUT2D eigenvalue weighted by Gasteiger charge is -2.43. The molecule has 0 spiro atoms. The van der Waals surface area contributed by atoms with Gasteiger partial charge in [-0.15, -0.1) is 0 Å². The lowest BCUT2D eigenvalue weighted by Crippen LogP contribution is -2.58. The molecule has 4 nitrogen and oxygen atoms in total. The molecule has 2 aliphatic carbocycles. The van der Waals surface area contributed by atoms with Crippen LogP contribution < -0.4 is 0 Å². The summed E-state index contributed by atoms with van der Waals surface area (Å²) in [5.74, 6) is -2.35. The summed E-state index contributed by atoms with van der Waals surface area (Å²) < 4.78 is 0. The van der Waals surface area contributed by atoms with Gasteiger partial charge in [-0.25, -0.2) is 0 Å². The fourth-order valence-electron chi connectivity index (χ4n) is 6.06. The van der Waals surface area contributed by atoms with E-state index in [4.69, 9.17) is 0 Å². The minimum Gasteiger partial charge on any atom is -0.480 e. The minimum atomic E-state index is -1.84. The van der Waals surface area contributed by atoms with E-state index in [0.29, 0.717) is 22.3 Å². The average molecular weight is 418 g/mol. The highest BCUT2D eigenvalue weighted by molar-refractivity contribution is 6.10. The van der Waals surface area contributed by atoms with Crippen LogP contribution in [0.25, 0.3) is 22.3 Å². The molecule has 6 rings (SSSR count). The van der Waals surface area contributed by atoms with Gasteiger partial charge in [0.05, 0.1) is 0 Å². The molecule has 0 aromatic heterocycles. The number of hydrogen-bond donors (Lipinski definition) is 2. The van der Waals surface area contributed by atoms with Gasteiger partial charge in [0.25, 0.3) is 0 Å². The van der Waals surface area contributed by atoms with Crippen LogP contribution >= 0.6 is 0 Å². The van der Waals surface area contributed by atoms with Crippen molar-refractivity contribution in [2.75, 3.05) is 0 Å². The van der Waals surface area contributed by atoms with Crippen LogP contribution in [0.3, 0.4) is 0 Å². The second kappa shape index (κ2) is 6.17. The Morgan fingerprint density at radius 2 is 0.656 bits per heavy atom. The van der Waals surface area contributed by atoms with Crippen LogP contribution in [-0.2, 0) is 20.4 Å². The predicted octanol–water partition coefficient (Wildman–Crippen LogP) is 5.09. The summed E-state index contributed by atoms with van der Waals surface area (Å²) in [5, 5.41) is 22.0. The molecule has 0 bridgehead atoms. The van der Waals surface area contributed by atoms with Gasteiger partial charge in [0.15, 0.2) is 0 Å². The van der Waals surface area contributed by atoms with E-state index in [9.17, 15) is 19.8 Å². The first-order valence-corrected chi connectivity index (χ1v) is 10.4. The van der Waals surface area contributed by atoms with Gasteiger partial charge in [-0.1, -0.05) is 97.1 Å². The van der Waals surface area contributed by atoms with Gasteiger partial charge in [0.1, 0.15) is 10.8 Å². The van der Waals surface area contributed by atoms with Crippen molar-refractivity contribution in [3.05, 3.63) is 119 Å². The standard InChI is InChI=1S/C28H18O4/c29-25(30)27(21-13-5-1-9-17(21)18-10-2-6-14-22(18)27)28(26(31)32)23-15-7-3-11-19(23)20-12-4-8-16-24(20)28/h1-16H,(H,29,30)(H,31,32). The summed E-state index contributed by atoms with van der Waals surface area (Å²) in [6, 6.07) is 29.1. The van der Waals surface area contributed by atoms with E-state index in [1.54, 1.807) is 48.5 Å². The van der Waals surface area contributed by atoms with Crippen LogP contribution in [0, 0.1) is 0 Å². The SMILES string of the molecule is O=C(O)C1(C2(C(=O)O)c3ccccc3-c3ccccc32)c2ccccc2-c2ccccc21. The Kier molecular flexibility index (Phi) is 3.58. The van der Waals surface area contributed by atoms with E-state index in [2.05, 4.69) is 0 Å². The molecule has 0 atom stereocenters. The molecule has 0 radical (unpaired) electrons. The quantitative estimate of drug-likeness (QED) is 0.486. The number of carboxylic acid groups (broad SMARTS) is 2. The Labute approximate surface area is 184 Å². The molecular formula is C28H18O4. The third-order valence-corrected chi connectivity index (χ3v) is 7.11. The topological polar surface area (TPSA) is 74.6 Å². The normalized spacial score (nSPS) is 15.9. The maximum Gasteiger partial charge on any atom is 0.320 e. The van der Waals surface area contributed by atoms with E-state index in [1.807, 2.05) is 48.5 Å². The molecule has 4 aromatic carbocycles. The highest BCUT2D eigenvalue weighted by Gasteiger charge is 2.70. The van der Waals surface area contributed by atoms with Gasteiger partial charge in [-0.05, 0) is 44.5 Å². The summed E-state index contributed by atoms with van der Waals surface area (Å²) in [6.45, 7) is 0. The molecule has 2 aliphatic rings. The number of hydrogen-bond acceptors (Lipinski definition) is 2. The largest absolute Gasteiger partial charge is 0.480 e. The number of rotatable bonds is 3. The lowest BCUT2D eigenvalue weighted by molar-refractivity contribution is -0.154. The molecule has 154 valence electrons. The Morgan fingerprint density at radius 3 is 0.875 bits per heavy atom. The summed E-state index contributed by atoms with van der Waals surface area (Å²) in [4.78, 5) is 27.0. The number of aliphatic carboxylic acids is 2. The zero-order valence-corrected chi connectivity index (χ0v) is 16.9. The zero-order valence-electron chi connectivity index (χ0n) is 16.9. The highest BCUT2D eigenvalue weighted by atomic mass is 16.4. The lowest BCUT2D eigenvalue weighted by atomic mass is 9.54. The number of carbonyl (C=O) groups is 2. The van der Waals surface area contributed by atoms with Crippen molar-refractivity contribution >= 4 is 11.9 Å². The molecule has 4 aromatic rings. The number of carboxylic acids is 2. The number of fused-ring (bicyclic) bond motifs is 6. The predicted molar refractivity (Wildman–Crippen MR) is 121 cm³/mol. The van der Waals surface area contributed by atoms with Crippen LogP contribution in [0.15, 0.2) is 97.1 Å². The maximum atomic E-state index is 13.5. The van der Waals surface area contributed by atoms with E-state index < -0.39 is 22.8 Å². The fraction of sp³-hybridized carbons (Fsp3) is 0.0714. The van der Waals surface area contributed by atoms with Gasteiger partial charge < -0.3 is 10.2 Å². The van der Waals surface area contributed by atoms with Crippen molar-refractivity contribution in [2.45, 2.75) is 10.8 Å². The van der Waals surface area contributed by atoms with Crippen molar-refractivity contribution in [2.24, 2.45) is 0 Å². The Morgan fingerprint density at radius 1 is 0.438 bits per heavy atom. The van der Waals surface area contributed by atoms with Crippen molar-refractivity contribution < 1.29 is 19.8 Å². The Hall–Kier alpha value is -4.18. The molecule has 0 unspecified atom stereocenters. The van der Waals surface area contributed by atoms with Crippen molar-refractivity contribution in [3.8, 4) is 22.3 Å². The van der Waals surface area contributed by atoms with E-state index >= 15 is 0 Å². The summed E-state index contributed by atoms with van der Waals surface area (Å²) in [5.41, 5.74) is 1.36. The molecule has 2 N–H and O–H groups in total. The third-order valence-electron chi connectivity index (χ3n) is 7.11. The second-order valence-electron chi connectivity index (χ2n) is 8.29. The highest BCUT2D eigenvalue weighted by Crippen LogP contribution is 2.65. The molecule has 0 aliphatic heterocycles. The first-order valence-electron chi connectivity index (χ1n) is 10.4. The zero-order chi connectivity index (χ0) is 22.1. The van der Waals surface area contributed by atoms with Gasteiger partial charge in [0, 0.05) is 0 Å². The van der Waals surface area contributed by atoms with Crippen molar-refractivity contribution in [3.63, 3.8) is 0 Å². The smallest absolute Gasteiger partial charge is 0.320 e. The first kappa shape index (κ1) is 18.6. The molecule has 0 amide bonds. The molecule has 0 saturated heterocycles. The monoisotopic (exact) mass is 418 g/mol. The van der Waals surface area contributed by atoms with Gasteiger partial charge in [-0.2, -0.15) is 0 Å². The molecule has 4 heteroatoms. The van der Waals surface area contributed by atoms with E-state index in [1.165, 1.54) is 0 Å². The molecule has 32 heavy (non-hydrogen) atoms. The fourth-order valence-corrected chi connectivity index (χ4v) is 6.06. The Bertz CT molecular complexity index is 1250. The minimum absolute atomic E-state index is 0.502. The van der Waals surface area contributed by atoms with Crippen LogP contribution in [0.2, 0.25) is 0 Å². The van der Waals surface area contributed by atoms with Crippen LogP contribution in [-0.4, -0.2) is 22.2 Å². The third kappa shape index (κ3) is 1.85. The van der Waals surface area contributed by atoms with Crippen LogP contribution in [0.5, 0.6) is 0 Å². The summed E-state index contributed by atoms with van der Waals surface area (Å²) >= 11 is 0. The molecule has 0 heterocycles. The molecular weight excluding hydrogens is 400 g/mol. The Balaban J connectivity index is 1.90. The van der Waals surface area contributed by atoms with E-state index in [0.717, 1.165) is 22.3 Å². The van der Waals surface area contributed by atoms with Crippen molar-refractivity contribution in [1.82, 2.24) is 0 Å². The first-order chi connectivity index (χ1) is 15.6. The maximum absolute atomic E-state index is 13.5. The van der Waals surface area contributed by atoms with Gasteiger partial charge in [0.2, 0.25) is 0 Å². The van der Waals surface area contributed by atoms with Crippen LogP contribution in [0.4, 0.5) is 0 Å². The average Bonchev–Trinajstić information content (AvgIpc) is 3.29.